The number of hydrogen-bond donors (Lipinski definition) is 0. The molecule has 7 heteroatoms. The molecule has 0 radical (unpaired) electrons. The van der Waals surface area contributed by atoms with E-state index in [1.807, 2.05) is 30.3 Å². The second-order valence-electron chi connectivity index (χ2n) is 6.71. The Hall–Kier alpha value is -2.96. The van der Waals surface area contributed by atoms with Gasteiger partial charge in [0.1, 0.15) is 12.1 Å². The van der Waals surface area contributed by atoms with Gasteiger partial charge >= 0.3 is 0 Å². The number of aromatic nitrogens is 4. The molecule has 1 atom stereocenters. The third kappa shape index (κ3) is 2.89. The molecule has 1 aliphatic rings. The van der Waals surface area contributed by atoms with E-state index in [1.165, 1.54) is 4.68 Å². The summed E-state index contributed by atoms with van der Waals surface area (Å²) in [4.78, 5) is 27.4. The van der Waals surface area contributed by atoms with Crippen LogP contribution in [-0.4, -0.2) is 36.9 Å². The molecule has 1 fully saturated rings. The first-order valence-electron chi connectivity index (χ1n) is 8.88. The van der Waals surface area contributed by atoms with Gasteiger partial charge in [-0.25, -0.2) is 4.68 Å². The largest absolute Gasteiger partial charge is 0.353 e. The van der Waals surface area contributed by atoms with Crippen LogP contribution >= 0.6 is 0 Å². The van der Waals surface area contributed by atoms with Crippen molar-refractivity contribution < 1.29 is 4.79 Å². The third-order valence-corrected chi connectivity index (χ3v) is 5.06. The summed E-state index contributed by atoms with van der Waals surface area (Å²) in [6, 6.07) is 11.1. The molecule has 7 nitrogen and oxygen atoms in total. The molecule has 0 aliphatic carbocycles. The SMILES string of the molecule is Cn1cccc1C1CCCCN1C(=O)Cn1nnc2ccccc2c1=O. The van der Waals surface area contributed by atoms with Gasteiger partial charge < -0.3 is 9.47 Å². The van der Waals surface area contributed by atoms with Crippen LogP contribution in [0.25, 0.3) is 10.9 Å². The molecule has 1 aliphatic heterocycles. The van der Waals surface area contributed by atoms with Crippen molar-refractivity contribution in [3.8, 4) is 0 Å². The molecule has 26 heavy (non-hydrogen) atoms. The summed E-state index contributed by atoms with van der Waals surface area (Å²) in [6.07, 6.45) is 4.99. The smallest absolute Gasteiger partial charge is 0.278 e. The molecule has 1 unspecified atom stereocenters. The van der Waals surface area contributed by atoms with Crippen LogP contribution in [0.5, 0.6) is 0 Å². The van der Waals surface area contributed by atoms with Gasteiger partial charge in [0.05, 0.1) is 11.4 Å². The number of carbonyl (C=O) groups excluding carboxylic acids is 1. The van der Waals surface area contributed by atoms with Crippen molar-refractivity contribution in [2.45, 2.75) is 31.8 Å². The number of hydrogen-bond acceptors (Lipinski definition) is 4. The topological polar surface area (TPSA) is 73.0 Å². The number of piperidine rings is 1. The normalized spacial score (nSPS) is 17.6. The Labute approximate surface area is 150 Å². The summed E-state index contributed by atoms with van der Waals surface area (Å²) >= 11 is 0. The fourth-order valence-electron chi connectivity index (χ4n) is 3.70. The maximum atomic E-state index is 13.0. The Kier molecular flexibility index (Phi) is 4.28. The van der Waals surface area contributed by atoms with Gasteiger partial charge in [0.15, 0.2) is 0 Å². The van der Waals surface area contributed by atoms with Crippen LogP contribution in [-0.2, 0) is 18.4 Å². The summed E-state index contributed by atoms with van der Waals surface area (Å²) in [5.74, 6) is -0.0948. The van der Waals surface area contributed by atoms with Gasteiger partial charge in [-0.2, -0.15) is 0 Å². The van der Waals surface area contributed by atoms with Gasteiger partial charge in [-0.1, -0.05) is 17.3 Å². The molecule has 1 saturated heterocycles. The highest BCUT2D eigenvalue weighted by atomic mass is 16.2. The van der Waals surface area contributed by atoms with Gasteiger partial charge in [0, 0.05) is 25.5 Å². The fourth-order valence-corrected chi connectivity index (χ4v) is 3.70. The number of carbonyl (C=O) groups is 1. The van der Waals surface area contributed by atoms with E-state index in [0.29, 0.717) is 17.4 Å². The van der Waals surface area contributed by atoms with Crippen molar-refractivity contribution in [1.82, 2.24) is 24.5 Å². The molecule has 1 amide bonds. The molecule has 3 heterocycles. The van der Waals surface area contributed by atoms with E-state index >= 15 is 0 Å². The number of aryl methyl sites for hydroxylation is 1. The number of rotatable bonds is 3. The van der Waals surface area contributed by atoms with E-state index in [9.17, 15) is 9.59 Å². The van der Waals surface area contributed by atoms with Crippen molar-refractivity contribution in [1.29, 1.82) is 0 Å². The van der Waals surface area contributed by atoms with E-state index in [0.717, 1.165) is 25.0 Å². The van der Waals surface area contributed by atoms with Crippen LogP contribution in [0.1, 0.15) is 31.0 Å². The molecule has 2 aromatic heterocycles. The standard InChI is InChI=1S/C19H21N5O2/c1-22-11-6-10-16(22)17-9-4-5-12-23(17)18(25)13-24-19(26)14-7-2-3-8-15(14)20-21-24/h2-3,6-8,10-11,17H,4-5,9,12-13H2,1H3. The monoisotopic (exact) mass is 351 g/mol. The fraction of sp³-hybridized carbons (Fsp3) is 0.368. The number of likely N-dealkylation sites (tertiary alicyclic amines) is 1. The Bertz CT molecular complexity index is 1010. The van der Waals surface area contributed by atoms with Crippen LogP contribution in [0.15, 0.2) is 47.4 Å². The van der Waals surface area contributed by atoms with Gasteiger partial charge in [0.2, 0.25) is 5.91 Å². The second kappa shape index (κ2) is 6.74. The zero-order valence-corrected chi connectivity index (χ0v) is 14.7. The summed E-state index contributed by atoms with van der Waals surface area (Å²) < 4.78 is 3.22. The lowest BCUT2D eigenvalue weighted by atomic mass is 9.99. The van der Waals surface area contributed by atoms with Crippen molar-refractivity contribution in [3.63, 3.8) is 0 Å². The van der Waals surface area contributed by atoms with Gasteiger partial charge in [-0.3, -0.25) is 9.59 Å². The first-order valence-corrected chi connectivity index (χ1v) is 8.88. The Morgan fingerprint density at radius 1 is 1.19 bits per heavy atom. The van der Waals surface area contributed by atoms with Crippen molar-refractivity contribution in [3.05, 3.63) is 58.6 Å². The highest BCUT2D eigenvalue weighted by molar-refractivity contribution is 5.78. The molecule has 0 bridgehead atoms. The number of nitrogens with zero attached hydrogens (tertiary/aromatic N) is 5. The zero-order chi connectivity index (χ0) is 18.1. The molecular formula is C19H21N5O2. The van der Waals surface area contributed by atoms with Crippen LogP contribution in [0.2, 0.25) is 0 Å². The average Bonchev–Trinajstić information content (AvgIpc) is 3.10. The number of fused-ring (bicyclic) bond motifs is 1. The minimum Gasteiger partial charge on any atom is -0.353 e. The molecule has 0 N–H and O–H groups in total. The van der Waals surface area contributed by atoms with Gasteiger partial charge in [0.25, 0.3) is 5.56 Å². The van der Waals surface area contributed by atoms with Crippen LogP contribution in [0.4, 0.5) is 0 Å². The lowest BCUT2D eigenvalue weighted by molar-refractivity contribution is -0.136. The van der Waals surface area contributed by atoms with E-state index < -0.39 is 0 Å². The Morgan fingerprint density at radius 3 is 2.85 bits per heavy atom. The highest BCUT2D eigenvalue weighted by Crippen LogP contribution is 2.31. The third-order valence-electron chi connectivity index (χ3n) is 5.06. The lowest BCUT2D eigenvalue weighted by Gasteiger charge is -2.36. The van der Waals surface area contributed by atoms with Gasteiger partial charge in [-0.05, 0) is 43.5 Å². The van der Waals surface area contributed by atoms with E-state index in [2.05, 4.69) is 20.9 Å². The van der Waals surface area contributed by atoms with E-state index in [1.54, 1.807) is 18.2 Å². The van der Waals surface area contributed by atoms with Gasteiger partial charge in [-0.15, -0.1) is 5.10 Å². The van der Waals surface area contributed by atoms with Crippen LogP contribution in [0.3, 0.4) is 0 Å². The Morgan fingerprint density at radius 2 is 2.04 bits per heavy atom. The van der Waals surface area contributed by atoms with Crippen LogP contribution in [0, 0.1) is 0 Å². The first kappa shape index (κ1) is 16.5. The van der Waals surface area contributed by atoms with E-state index in [4.69, 9.17) is 0 Å². The maximum Gasteiger partial charge on any atom is 0.278 e. The van der Waals surface area contributed by atoms with Crippen LogP contribution < -0.4 is 5.56 Å². The summed E-state index contributed by atoms with van der Waals surface area (Å²) in [7, 11) is 1.99. The zero-order valence-electron chi connectivity index (χ0n) is 14.7. The lowest BCUT2D eigenvalue weighted by Crippen LogP contribution is -2.42. The van der Waals surface area contributed by atoms with Crippen molar-refractivity contribution >= 4 is 16.8 Å². The minimum atomic E-state index is -0.281. The summed E-state index contributed by atoms with van der Waals surface area (Å²) in [5.41, 5.74) is 1.38. The Balaban J connectivity index is 1.62. The molecule has 4 rings (SSSR count). The predicted octanol–water partition coefficient (Wildman–Crippen LogP) is 1.88. The van der Waals surface area contributed by atoms with Crippen molar-refractivity contribution in [2.75, 3.05) is 6.54 Å². The molecule has 1 aromatic carbocycles. The summed E-state index contributed by atoms with van der Waals surface area (Å²) in [5, 5.41) is 8.49. The molecule has 0 saturated carbocycles. The second-order valence-corrected chi connectivity index (χ2v) is 6.71. The minimum absolute atomic E-state index is 0.0420. The maximum absolute atomic E-state index is 13.0. The van der Waals surface area contributed by atoms with Crippen molar-refractivity contribution in [2.24, 2.45) is 7.05 Å². The number of benzene rings is 1. The summed E-state index contributed by atoms with van der Waals surface area (Å²) in [6.45, 7) is 0.613. The first-order chi connectivity index (χ1) is 12.6. The highest BCUT2D eigenvalue weighted by Gasteiger charge is 2.29. The molecular weight excluding hydrogens is 330 g/mol. The van der Waals surface area contributed by atoms with E-state index in [-0.39, 0.29) is 24.1 Å². The number of amides is 1. The predicted molar refractivity (Wildman–Crippen MR) is 97.5 cm³/mol. The molecule has 134 valence electrons. The quantitative estimate of drug-likeness (QED) is 0.722. The average molecular weight is 351 g/mol. The molecule has 3 aromatic rings. The molecule has 0 spiro atoms.